The van der Waals surface area contributed by atoms with Crippen LogP contribution in [0.25, 0.3) is 10.4 Å². The molecule has 2 aromatic rings. The minimum atomic E-state index is -0.826. The Morgan fingerprint density at radius 1 is 1.38 bits per heavy atom. The molecule has 1 aliphatic rings. The number of urea groups is 1. The van der Waals surface area contributed by atoms with Crippen molar-refractivity contribution in [3.8, 4) is 16.5 Å². The van der Waals surface area contributed by atoms with Gasteiger partial charge in [-0.25, -0.2) is 14.5 Å². The van der Waals surface area contributed by atoms with E-state index >= 15 is 0 Å². The van der Waals surface area contributed by atoms with Crippen LogP contribution in [0.3, 0.4) is 0 Å². The molecule has 0 aliphatic carbocycles. The SMILES string of the molecule is CCOC(=O)N1C(=O)NC(C)=C(C#N)C1c1cccc(-c2cccs2)c1. The molecule has 6 nitrogen and oxygen atoms in total. The van der Waals surface area contributed by atoms with Crippen LogP contribution in [0.2, 0.25) is 0 Å². The summed E-state index contributed by atoms with van der Waals surface area (Å²) in [6.45, 7) is 3.45. The van der Waals surface area contributed by atoms with Crippen molar-refractivity contribution in [2.75, 3.05) is 6.61 Å². The van der Waals surface area contributed by atoms with Gasteiger partial charge >= 0.3 is 12.1 Å². The van der Waals surface area contributed by atoms with Crippen LogP contribution in [-0.4, -0.2) is 23.6 Å². The van der Waals surface area contributed by atoms with Crippen molar-refractivity contribution in [3.63, 3.8) is 0 Å². The molecule has 0 fully saturated rings. The lowest BCUT2D eigenvalue weighted by Crippen LogP contribution is -2.50. The third-order valence-electron chi connectivity index (χ3n) is 4.04. The molecule has 0 saturated heterocycles. The highest BCUT2D eigenvalue weighted by Crippen LogP contribution is 2.36. The Hall–Kier alpha value is -3.11. The van der Waals surface area contributed by atoms with Gasteiger partial charge in [-0.1, -0.05) is 24.3 Å². The standard InChI is InChI=1S/C19H17N3O3S/c1-3-25-19(24)22-17(15(11-20)12(2)21-18(22)23)14-7-4-6-13(10-14)16-8-5-9-26-16/h4-10,17H,3H2,1-2H3,(H,21,23). The molecule has 0 spiro atoms. The summed E-state index contributed by atoms with van der Waals surface area (Å²) in [4.78, 5) is 26.9. The maximum atomic E-state index is 12.5. The normalized spacial score (nSPS) is 16.9. The molecule has 7 heteroatoms. The number of allylic oxidation sites excluding steroid dienone is 1. The van der Waals surface area contributed by atoms with Gasteiger partial charge in [0.25, 0.3) is 0 Å². The lowest BCUT2D eigenvalue weighted by molar-refractivity contribution is 0.104. The molecule has 1 aromatic carbocycles. The highest BCUT2D eigenvalue weighted by atomic mass is 32.1. The van der Waals surface area contributed by atoms with E-state index in [9.17, 15) is 14.9 Å². The van der Waals surface area contributed by atoms with Crippen molar-refractivity contribution in [3.05, 3.63) is 58.6 Å². The lowest BCUT2D eigenvalue weighted by Gasteiger charge is -2.34. The maximum Gasteiger partial charge on any atom is 0.418 e. The first-order valence-electron chi connectivity index (χ1n) is 8.08. The van der Waals surface area contributed by atoms with Crippen molar-refractivity contribution in [1.82, 2.24) is 10.2 Å². The Morgan fingerprint density at radius 3 is 2.85 bits per heavy atom. The molecule has 0 radical (unpaired) electrons. The number of hydrogen-bond acceptors (Lipinski definition) is 5. The number of benzene rings is 1. The van der Waals surface area contributed by atoms with Crippen molar-refractivity contribution >= 4 is 23.5 Å². The first-order chi connectivity index (χ1) is 12.6. The zero-order valence-electron chi connectivity index (χ0n) is 14.4. The highest BCUT2D eigenvalue weighted by Gasteiger charge is 2.39. The third kappa shape index (κ3) is 3.19. The molecule has 1 aliphatic heterocycles. The molecule has 1 aromatic heterocycles. The molecule has 1 unspecified atom stereocenters. The molecule has 3 rings (SSSR count). The second kappa shape index (κ2) is 7.42. The summed E-state index contributed by atoms with van der Waals surface area (Å²) in [6, 6.07) is 12.1. The van der Waals surface area contributed by atoms with E-state index in [1.54, 1.807) is 31.3 Å². The summed E-state index contributed by atoms with van der Waals surface area (Å²) in [5.41, 5.74) is 2.38. The number of nitriles is 1. The highest BCUT2D eigenvalue weighted by molar-refractivity contribution is 7.13. The molecule has 0 bridgehead atoms. The largest absolute Gasteiger partial charge is 0.449 e. The topological polar surface area (TPSA) is 82.4 Å². The van der Waals surface area contributed by atoms with E-state index in [0.717, 1.165) is 15.3 Å². The van der Waals surface area contributed by atoms with Gasteiger partial charge in [-0.3, -0.25) is 0 Å². The number of carbonyl (C=O) groups is 2. The number of amides is 3. The Balaban J connectivity index is 2.12. The summed E-state index contributed by atoms with van der Waals surface area (Å²) in [5.74, 6) is 0. The number of hydrogen-bond donors (Lipinski definition) is 1. The van der Waals surface area contributed by atoms with E-state index in [2.05, 4.69) is 11.4 Å². The van der Waals surface area contributed by atoms with E-state index < -0.39 is 18.2 Å². The van der Waals surface area contributed by atoms with Gasteiger partial charge in [0.2, 0.25) is 0 Å². The first-order valence-corrected chi connectivity index (χ1v) is 8.96. The Kier molecular flexibility index (Phi) is 5.05. The predicted octanol–water partition coefficient (Wildman–Crippen LogP) is 4.44. The summed E-state index contributed by atoms with van der Waals surface area (Å²) in [5, 5.41) is 14.2. The number of thiophene rings is 1. The zero-order valence-corrected chi connectivity index (χ0v) is 15.2. The molecule has 132 valence electrons. The average molecular weight is 367 g/mol. The van der Waals surface area contributed by atoms with Gasteiger partial charge in [-0.05, 0) is 42.5 Å². The van der Waals surface area contributed by atoms with E-state index in [4.69, 9.17) is 4.74 Å². The maximum absolute atomic E-state index is 12.5. The number of nitrogens with one attached hydrogen (secondary N) is 1. The van der Waals surface area contributed by atoms with Gasteiger partial charge in [0.15, 0.2) is 0 Å². The number of nitrogens with zero attached hydrogens (tertiary/aromatic N) is 2. The number of rotatable bonds is 3. The lowest BCUT2D eigenvalue weighted by atomic mass is 9.93. The van der Waals surface area contributed by atoms with Crippen LogP contribution in [-0.2, 0) is 4.74 Å². The first kappa shape index (κ1) is 17.7. The fourth-order valence-electron chi connectivity index (χ4n) is 2.89. The van der Waals surface area contributed by atoms with Gasteiger partial charge in [0, 0.05) is 10.6 Å². The second-order valence-electron chi connectivity index (χ2n) is 5.65. The van der Waals surface area contributed by atoms with Crippen LogP contribution in [0.1, 0.15) is 25.5 Å². The fraction of sp³-hybridized carbons (Fsp3) is 0.211. The Labute approximate surface area is 155 Å². The van der Waals surface area contributed by atoms with Crippen LogP contribution < -0.4 is 5.32 Å². The van der Waals surface area contributed by atoms with Crippen LogP contribution in [0.15, 0.2) is 53.0 Å². The molecular formula is C19H17N3O3S. The van der Waals surface area contributed by atoms with Crippen molar-refractivity contribution < 1.29 is 14.3 Å². The molecule has 3 amide bonds. The minimum Gasteiger partial charge on any atom is -0.449 e. The molecule has 2 heterocycles. The quantitative estimate of drug-likeness (QED) is 0.870. The van der Waals surface area contributed by atoms with Crippen molar-refractivity contribution in [2.45, 2.75) is 19.9 Å². The van der Waals surface area contributed by atoms with Gasteiger partial charge in [0.05, 0.1) is 18.2 Å². The van der Waals surface area contributed by atoms with E-state index in [-0.39, 0.29) is 6.61 Å². The smallest absolute Gasteiger partial charge is 0.418 e. The number of carbonyl (C=O) groups excluding carboxylic acids is 2. The van der Waals surface area contributed by atoms with E-state index in [0.29, 0.717) is 16.8 Å². The molecule has 1 N–H and O–H groups in total. The summed E-state index contributed by atoms with van der Waals surface area (Å²) in [7, 11) is 0. The second-order valence-corrected chi connectivity index (χ2v) is 6.60. The van der Waals surface area contributed by atoms with Crippen molar-refractivity contribution in [1.29, 1.82) is 5.26 Å². The Bertz CT molecular complexity index is 912. The van der Waals surface area contributed by atoms with Crippen LogP contribution in [0.4, 0.5) is 9.59 Å². The monoisotopic (exact) mass is 367 g/mol. The minimum absolute atomic E-state index is 0.134. The molecule has 26 heavy (non-hydrogen) atoms. The third-order valence-corrected chi connectivity index (χ3v) is 4.96. The van der Waals surface area contributed by atoms with Crippen LogP contribution >= 0.6 is 11.3 Å². The van der Waals surface area contributed by atoms with Gasteiger partial charge in [0.1, 0.15) is 6.04 Å². The van der Waals surface area contributed by atoms with E-state index in [1.807, 2.05) is 35.7 Å². The Morgan fingerprint density at radius 2 is 2.19 bits per heavy atom. The number of ether oxygens (including phenoxy) is 1. The summed E-state index contributed by atoms with van der Waals surface area (Å²) < 4.78 is 5.03. The van der Waals surface area contributed by atoms with E-state index in [1.165, 1.54) is 0 Å². The molecule has 1 atom stereocenters. The predicted molar refractivity (Wildman–Crippen MR) is 98.2 cm³/mol. The van der Waals surface area contributed by atoms with Crippen LogP contribution in [0.5, 0.6) is 0 Å². The molecule has 0 saturated carbocycles. The van der Waals surface area contributed by atoms with Crippen LogP contribution in [0, 0.1) is 11.3 Å². The number of imide groups is 1. The van der Waals surface area contributed by atoms with Crippen molar-refractivity contribution in [2.24, 2.45) is 0 Å². The average Bonchev–Trinajstić information content (AvgIpc) is 3.16. The van der Waals surface area contributed by atoms with Gasteiger partial charge in [-0.2, -0.15) is 5.26 Å². The van der Waals surface area contributed by atoms with Gasteiger partial charge < -0.3 is 10.1 Å². The molecular weight excluding hydrogens is 350 g/mol. The summed E-state index contributed by atoms with van der Waals surface area (Å²) >= 11 is 1.59. The fourth-order valence-corrected chi connectivity index (χ4v) is 3.61. The van der Waals surface area contributed by atoms with Gasteiger partial charge in [-0.15, -0.1) is 11.3 Å². The zero-order chi connectivity index (χ0) is 18.7. The summed E-state index contributed by atoms with van der Waals surface area (Å²) in [6.07, 6.45) is -0.781.